The minimum Gasteiger partial charge on any atom is -0.427 e. The van der Waals surface area contributed by atoms with Crippen molar-refractivity contribution in [3.05, 3.63) is 51.7 Å². The third kappa shape index (κ3) is 3.77. The molecule has 7 heteroatoms. The molecule has 2 aromatic heterocycles. The van der Waals surface area contributed by atoms with Crippen LogP contribution in [-0.4, -0.2) is 38.1 Å². The van der Waals surface area contributed by atoms with Crippen LogP contribution >= 0.6 is 0 Å². The van der Waals surface area contributed by atoms with Gasteiger partial charge in [0.2, 0.25) is 0 Å². The molecule has 1 aliphatic heterocycles. The van der Waals surface area contributed by atoms with E-state index >= 15 is 0 Å². The van der Waals surface area contributed by atoms with Gasteiger partial charge in [0.15, 0.2) is 5.82 Å². The monoisotopic (exact) mass is 356 g/mol. The summed E-state index contributed by atoms with van der Waals surface area (Å²) in [6, 6.07) is 5.29. The number of nitrogens with one attached hydrogen (secondary N) is 2. The fourth-order valence-corrected chi connectivity index (χ4v) is 3.24. The van der Waals surface area contributed by atoms with E-state index in [4.69, 9.17) is 4.42 Å². The summed E-state index contributed by atoms with van der Waals surface area (Å²) in [5.74, 6) is 0.950. The van der Waals surface area contributed by atoms with Gasteiger partial charge >= 0.3 is 5.63 Å². The van der Waals surface area contributed by atoms with Crippen LogP contribution in [0.25, 0.3) is 0 Å². The Kier molecular flexibility index (Phi) is 5.37. The van der Waals surface area contributed by atoms with Crippen LogP contribution in [0.2, 0.25) is 0 Å². The quantitative estimate of drug-likeness (QED) is 0.873. The molecule has 7 nitrogen and oxygen atoms in total. The predicted molar refractivity (Wildman–Crippen MR) is 101 cm³/mol. The van der Waals surface area contributed by atoms with E-state index < -0.39 is 11.5 Å². The van der Waals surface area contributed by atoms with Gasteiger partial charge in [0, 0.05) is 32.8 Å². The molecule has 138 valence electrons. The molecular formula is C19H24N4O3. The molecular weight excluding hydrogens is 332 g/mol. The zero-order valence-electron chi connectivity index (χ0n) is 15.3. The third-order valence-electron chi connectivity index (χ3n) is 4.55. The Bertz CT molecular complexity index is 854. The number of carbonyl (C=O) groups is 1. The molecule has 1 aliphatic rings. The average molecular weight is 356 g/mol. The van der Waals surface area contributed by atoms with E-state index in [1.807, 2.05) is 20.2 Å². The molecule has 0 bridgehead atoms. The number of piperidine rings is 1. The van der Waals surface area contributed by atoms with Gasteiger partial charge < -0.3 is 20.0 Å². The van der Waals surface area contributed by atoms with E-state index in [2.05, 4.69) is 15.6 Å². The average Bonchev–Trinajstić information content (AvgIpc) is 2.62. The lowest BCUT2D eigenvalue weighted by molar-refractivity contribution is 0.102. The van der Waals surface area contributed by atoms with Crippen LogP contribution in [0.3, 0.4) is 0 Å². The zero-order chi connectivity index (χ0) is 18.7. The van der Waals surface area contributed by atoms with Gasteiger partial charge in [-0.2, -0.15) is 0 Å². The Balaban J connectivity index is 1.87. The summed E-state index contributed by atoms with van der Waals surface area (Å²) in [5, 5.41) is 6.08. The highest BCUT2D eigenvalue weighted by atomic mass is 16.4. The van der Waals surface area contributed by atoms with Crippen LogP contribution < -0.4 is 21.2 Å². The highest BCUT2D eigenvalue weighted by Gasteiger charge is 2.23. The molecule has 2 N–H and O–H groups in total. The van der Waals surface area contributed by atoms with Crippen molar-refractivity contribution >= 4 is 17.4 Å². The van der Waals surface area contributed by atoms with Gasteiger partial charge in [-0.15, -0.1) is 0 Å². The first-order valence-corrected chi connectivity index (χ1v) is 8.76. The molecule has 1 atom stereocenters. The lowest BCUT2D eigenvalue weighted by Crippen LogP contribution is -2.30. The van der Waals surface area contributed by atoms with Crippen LogP contribution in [0.4, 0.5) is 11.5 Å². The molecule has 1 fully saturated rings. The van der Waals surface area contributed by atoms with Crippen molar-refractivity contribution in [2.75, 3.05) is 37.4 Å². The maximum absolute atomic E-state index is 12.7. The summed E-state index contributed by atoms with van der Waals surface area (Å²) in [4.78, 5) is 31.2. The number of hydrogen-bond donors (Lipinski definition) is 2. The number of aryl methyl sites for hydroxylation is 1. The summed E-state index contributed by atoms with van der Waals surface area (Å²) in [5.41, 5.74) is 0.598. The summed E-state index contributed by atoms with van der Waals surface area (Å²) in [7, 11) is 3.68. The summed E-state index contributed by atoms with van der Waals surface area (Å²) in [6.07, 6.45) is 3.67. The van der Waals surface area contributed by atoms with Crippen LogP contribution in [0.15, 0.2) is 33.6 Å². The normalized spacial score (nSPS) is 17.0. The Morgan fingerprint density at radius 1 is 1.42 bits per heavy atom. The number of pyridine rings is 1. The molecule has 1 unspecified atom stereocenters. The van der Waals surface area contributed by atoms with Gasteiger partial charge in [-0.05, 0) is 50.1 Å². The van der Waals surface area contributed by atoms with E-state index in [-0.39, 0.29) is 11.5 Å². The first kappa shape index (κ1) is 18.1. The number of carbonyl (C=O) groups excluding carboxylic acids is 1. The molecule has 0 spiro atoms. The fourth-order valence-electron chi connectivity index (χ4n) is 3.24. The molecule has 3 heterocycles. The number of anilines is 2. The van der Waals surface area contributed by atoms with E-state index in [0.29, 0.717) is 22.8 Å². The van der Waals surface area contributed by atoms with E-state index in [1.165, 1.54) is 0 Å². The van der Waals surface area contributed by atoms with Crippen molar-refractivity contribution in [3.63, 3.8) is 0 Å². The number of amides is 1. The van der Waals surface area contributed by atoms with E-state index in [0.717, 1.165) is 25.9 Å². The Labute approximate surface area is 152 Å². The lowest BCUT2D eigenvalue weighted by atomic mass is 9.95. The second-order valence-electron chi connectivity index (χ2n) is 6.76. The van der Waals surface area contributed by atoms with Gasteiger partial charge in [0.25, 0.3) is 5.91 Å². The molecule has 0 radical (unpaired) electrons. The Hall–Kier alpha value is -2.67. The largest absolute Gasteiger partial charge is 0.427 e. The molecule has 2 aromatic rings. The van der Waals surface area contributed by atoms with Gasteiger partial charge in [-0.3, -0.25) is 4.79 Å². The number of nitrogens with zero attached hydrogens (tertiary/aromatic N) is 2. The number of aromatic nitrogens is 1. The van der Waals surface area contributed by atoms with Crippen LogP contribution in [-0.2, 0) is 0 Å². The summed E-state index contributed by atoms with van der Waals surface area (Å²) < 4.78 is 5.48. The van der Waals surface area contributed by atoms with Crippen molar-refractivity contribution in [1.82, 2.24) is 10.3 Å². The topological polar surface area (TPSA) is 87.5 Å². The number of hydrogen-bond acceptors (Lipinski definition) is 6. The smallest absolute Gasteiger partial charge is 0.349 e. The standard InChI is InChI=1S/C19H24N4O3/c1-12-10-15(13-6-4-8-20-11-13)26-19(25)16(12)18(24)22-14-7-5-9-21-17(14)23(2)3/h5,7,9-10,13,20H,4,6,8,11H2,1-3H3,(H,22,24). The van der Waals surface area contributed by atoms with Crippen molar-refractivity contribution in [3.8, 4) is 0 Å². The fraction of sp³-hybridized carbons (Fsp3) is 0.421. The van der Waals surface area contributed by atoms with E-state index in [1.54, 1.807) is 30.2 Å². The SMILES string of the molecule is Cc1cc(C2CCCNC2)oc(=O)c1C(=O)Nc1cccnc1N(C)C. The van der Waals surface area contributed by atoms with Crippen molar-refractivity contribution in [2.45, 2.75) is 25.7 Å². The second kappa shape index (κ2) is 7.70. The Morgan fingerprint density at radius 3 is 2.88 bits per heavy atom. The zero-order valence-corrected chi connectivity index (χ0v) is 15.3. The lowest BCUT2D eigenvalue weighted by Gasteiger charge is -2.22. The number of rotatable bonds is 4. The molecule has 0 saturated carbocycles. The highest BCUT2D eigenvalue weighted by molar-refractivity contribution is 6.06. The van der Waals surface area contributed by atoms with Crippen molar-refractivity contribution in [2.24, 2.45) is 0 Å². The molecule has 26 heavy (non-hydrogen) atoms. The third-order valence-corrected chi connectivity index (χ3v) is 4.55. The Morgan fingerprint density at radius 2 is 2.23 bits per heavy atom. The molecule has 0 aliphatic carbocycles. The maximum atomic E-state index is 12.7. The first-order valence-electron chi connectivity index (χ1n) is 8.76. The molecule has 3 rings (SSSR count). The minimum absolute atomic E-state index is 0.0334. The van der Waals surface area contributed by atoms with Gasteiger partial charge in [0.1, 0.15) is 11.3 Å². The molecule has 1 saturated heterocycles. The van der Waals surface area contributed by atoms with Crippen molar-refractivity contribution < 1.29 is 9.21 Å². The summed E-state index contributed by atoms with van der Waals surface area (Å²) >= 11 is 0. The molecule has 0 aromatic carbocycles. The van der Waals surface area contributed by atoms with Gasteiger partial charge in [-0.1, -0.05) is 0 Å². The highest BCUT2D eigenvalue weighted by Crippen LogP contribution is 2.25. The molecule has 1 amide bonds. The van der Waals surface area contributed by atoms with Crippen LogP contribution in [0.1, 0.15) is 40.4 Å². The maximum Gasteiger partial charge on any atom is 0.349 e. The second-order valence-corrected chi connectivity index (χ2v) is 6.76. The van der Waals surface area contributed by atoms with Crippen molar-refractivity contribution in [1.29, 1.82) is 0 Å². The van der Waals surface area contributed by atoms with Gasteiger partial charge in [0.05, 0.1) is 5.69 Å². The van der Waals surface area contributed by atoms with Gasteiger partial charge in [-0.25, -0.2) is 9.78 Å². The van der Waals surface area contributed by atoms with E-state index in [9.17, 15) is 9.59 Å². The predicted octanol–water partition coefficient (Wildman–Crippen LogP) is 2.13. The van der Waals surface area contributed by atoms with Crippen LogP contribution in [0.5, 0.6) is 0 Å². The first-order chi connectivity index (χ1) is 12.5. The van der Waals surface area contributed by atoms with Crippen LogP contribution in [0, 0.1) is 6.92 Å². The summed E-state index contributed by atoms with van der Waals surface area (Å²) in [6.45, 7) is 3.54. The minimum atomic E-state index is -0.599.